The number of hydrogen-bond donors (Lipinski definition) is 2. The van der Waals surface area contributed by atoms with Crippen LogP contribution in [0.3, 0.4) is 0 Å². The van der Waals surface area contributed by atoms with Gasteiger partial charge in [-0.15, -0.1) is 0 Å². The highest BCUT2D eigenvalue weighted by Crippen LogP contribution is 2.42. The van der Waals surface area contributed by atoms with Crippen molar-refractivity contribution >= 4 is 5.69 Å². The molecule has 2 aliphatic carbocycles. The molecule has 0 heterocycles. The van der Waals surface area contributed by atoms with Crippen LogP contribution in [0.25, 0.3) is 0 Å². The lowest BCUT2D eigenvalue weighted by Crippen LogP contribution is -2.59. The van der Waals surface area contributed by atoms with Crippen LogP contribution in [0.4, 0.5) is 10.1 Å². The Labute approximate surface area is 126 Å². The van der Waals surface area contributed by atoms with Gasteiger partial charge in [0.15, 0.2) is 0 Å². The highest BCUT2D eigenvalue weighted by molar-refractivity contribution is 5.47. The van der Waals surface area contributed by atoms with E-state index in [1.165, 1.54) is 37.8 Å². The number of aliphatic hydroxyl groups is 1. The molecule has 0 aromatic heterocycles. The molecule has 0 spiro atoms. The first-order chi connectivity index (χ1) is 10.2. The molecule has 1 unspecified atom stereocenters. The van der Waals surface area contributed by atoms with Crippen LogP contribution < -0.4 is 10.2 Å². The van der Waals surface area contributed by atoms with Crippen LogP contribution in [0.5, 0.6) is 0 Å². The van der Waals surface area contributed by atoms with Gasteiger partial charge in [0, 0.05) is 24.8 Å². The maximum atomic E-state index is 13.1. The van der Waals surface area contributed by atoms with Crippen molar-refractivity contribution < 1.29 is 9.50 Å². The second-order valence-electron chi connectivity index (χ2n) is 6.50. The third-order valence-corrected chi connectivity index (χ3v) is 4.76. The molecule has 21 heavy (non-hydrogen) atoms. The summed E-state index contributed by atoms with van der Waals surface area (Å²) in [4.78, 5) is 2.24. The van der Waals surface area contributed by atoms with Crippen LogP contribution in [0.1, 0.15) is 32.6 Å². The summed E-state index contributed by atoms with van der Waals surface area (Å²) >= 11 is 0. The molecule has 3 rings (SSSR count). The summed E-state index contributed by atoms with van der Waals surface area (Å²) in [5.41, 5.74) is 0.820. The lowest BCUT2D eigenvalue weighted by Gasteiger charge is -2.39. The van der Waals surface area contributed by atoms with E-state index >= 15 is 0 Å². The summed E-state index contributed by atoms with van der Waals surface area (Å²) in [7, 11) is 0. The fourth-order valence-corrected chi connectivity index (χ4v) is 3.17. The number of nitrogens with one attached hydrogen (secondary N) is 1. The van der Waals surface area contributed by atoms with Crippen LogP contribution >= 0.6 is 0 Å². The van der Waals surface area contributed by atoms with Crippen molar-refractivity contribution in [3.8, 4) is 0 Å². The van der Waals surface area contributed by atoms with E-state index in [0.29, 0.717) is 12.0 Å². The van der Waals surface area contributed by atoms with Gasteiger partial charge in [0.1, 0.15) is 5.82 Å². The van der Waals surface area contributed by atoms with Gasteiger partial charge < -0.3 is 15.3 Å². The highest BCUT2D eigenvalue weighted by atomic mass is 19.1. The van der Waals surface area contributed by atoms with Gasteiger partial charge in [0.2, 0.25) is 0 Å². The highest BCUT2D eigenvalue weighted by Gasteiger charge is 2.48. The molecular formula is C17H25FN2O. The molecule has 3 nitrogen and oxygen atoms in total. The van der Waals surface area contributed by atoms with Gasteiger partial charge >= 0.3 is 0 Å². The molecule has 1 aromatic carbocycles. The van der Waals surface area contributed by atoms with Crippen molar-refractivity contribution in [3.05, 3.63) is 30.1 Å². The number of hydrogen-bond acceptors (Lipinski definition) is 3. The Balaban J connectivity index is 1.77. The summed E-state index contributed by atoms with van der Waals surface area (Å²) in [6, 6.07) is 7.23. The zero-order valence-electron chi connectivity index (χ0n) is 12.7. The molecule has 2 aliphatic rings. The van der Waals surface area contributed by atoms with Crippen LogP contribution in [0, 0.1) is 11.7 Å². The van der Waals surface area contributed by atoms with E-state index < -0.39 is 0 Å². The predicted molar refractivity (Wildman–Crippen MR) is 83.0 cm³/mol. The number of anilines is 1. The van der Waals surface area contributed by atoms with Gasteiger partial charge in [-0.25, -0.2) is 4.39 Å². The maximum Gasteiger partial charge on any atom is 0.123 e. The normalized spacial score (nSPS) is 21.1. The Morgan fingerprint density at radius 2 is 1.90 bits per heavy atom. The van der Waals surface area contributed by atoms with E-state index in [1.807, 2.05) is 12.1 Å². The Bertz CT molecular complexity index is 470. The second kappa shape index (κ2) is 5.93. The van der Waals surface area contributed by atoms with Gasteiger partial charge in [-0.1, -0.05) is 0 Å². The number of benzene rings is 1. The van der Waals surface area contributed by atoms with Gasteiger partial charge in [0.25, 0.3) is 0 Å². The molecule has 0 saturated heterocycles. The van der Waals surface area contributed by atoms with E-state index in [1.54, 1.807) is 0 Å². The zero-order chi connectivity index (χ0) is 14.9. The molecule has 0 bridgehead atoms. The molecule has 2 N–H and O–H groups in total. The minimum atomic E-state index is -0.207. The third kappa shape index (κ3) is 3.38. The van der Waals surface area contributed by atoms with Gasteiger partial charge in [-0.3, -0.25) is 0 Å². The summed E-state index contributed by atoms with van der Waals surface area (Å²) in [6.45, 7) is 3.92. The SMILES string of the molecule is CCN(CC(CO)(NC1CC1)C1CC1)c1ccc(F)cc1. The zero-order valence-corrected chi connectivity index (χ0v) is 12.7. The van der Waals surface area contributed by atoms with E-state index in [9.17, 15) is 9.50 Å². The number of nitrogens with zero attached hydrogens (tertiary/aromatic N) is 1. The lowest BCUT2D eigenvalue weighted by atomic mass is 9.92. The van der Waals surface area contributed by atoms with Crippen molar-refractivity contribution in [2.75, 3.05) is 24.6 Å². The molecule has 0 radical (unpaired) electrons. The molecule has 2 fully saturated rings. The largest absolute Gasteiger partial charge is 0.394 e. The third-order valence-electron chi connectivity index (χ3n) is 4.76. The summed E-state index contributed by atoms with van der Waals surface area (Å²) in [5.74, 6) is 0.360. The average molecular weight is 292 g/mol. The minimum absolute atomic E-state index is 0.172. The summed E-state index contributed by atoms with van der Waals surface area (Å²) in [6.07, 6.45) is 4.83. The lowest BCUT2D eigenvalue weighted by molar-refractivity contribution is 0.142. The van der Waals surface area contributed by atoms with Crippen LogP contribution in [0.15, 0.2) is 24.3 Å². The molecule has 1 aromatic rings. The summed E-state index contributed by atoms with van der Waals surface area (Å²) in [5, 5.41) is 13.7. The molecule has 0 amide bonds. The molecule has 4 heteroatoms. The first-order valence-electron chi connectivity index (χ1n) is 8.06. The molecular weight excluding hydrogens is 267 g/mol. The fourth-order valence-electron chi connectivity index (χ4n) is 3.17. The topological polar surface area (TPSA) is 35.5 Å². The quantitative estimate of drug-likeness (QED) is 0.773. The number of rotatable bonds is 8. The Morgan fingerprint density at radius 3 is 2.38 bits per heavy atom. The van der Waals surface area contributed by atoms with Crippen molar-refractivity contribution in [2.24, 2.45) is 5.92 Å². The van der Waals surface area contributed by atoms with Gasteiger partial charge in [-0.2, -0.15) is 0 Å². The Kier molecular flexibility index (Phi) is 4.18. The smallest absolute Gasteiger partial charge is 0.123 e. The Morgan fingerprint density at radius 1 is 1.24 bits per heavy atom. The average Bonchev–Trinajstić information content (AvgIpc) is 3.38. The van der Waals surface area contributed by atoms with E-state index in [-0.39, 0.29) is 18.0 Å². The van der Waals surface area contributed by atoms with Crippen molar-refractivity contribution in [2.45, 2.75) is 44.2 Å². The molecule has 2 saturated carbocycles. The predicted octanol–water partition coefficient (Wildman–Crippen LogP) is 2.55. The van der Waals surface area contributed by atoms with Gasteiger partial charge in [-0.05, 0) is 62.8 Å². The molecule has 1 atom stereocenters. The monoisotopic (exact) mass is 292 g/mol. The Hall–Kier alpha value is -1.13. The standard InChI is InChI=1S/C17H25FN2O/c1-2-20(16-9-5-14(18)6-10-16)11-17(12-21,13-3-4-13)19-15-7-8-15/h5-6,9-10,13,15,19,21H,2-4,7-8,11-12H2,1H3. The number of likely N-dealkylation sites (N-methyl/N-ethyl adjacent to an activating group) is 1. The first kappa shape index (κ1) is 14.8. The molecule has 0 aliphatic heterocycles. The summed E-state index contributed by atoms with van der Waals surface area (Å²) < 4.78 is 13.1. The van der Waals surface area contributed by atoms with Crippen molar-refractivity contribution in [1.29, 1.82) is 0 Å². The minimum Gasteiger partial charge on any atom is -0.394 e. The van der Waals surface area contributed by atoms with Crippen LogP contribution in [-0.4, -0.2) is 36.4 Å². The van der Waals surface area contributed by atoms with Crippen LogP contribution in [0.2, 0.25) is 0 Å². The number of aliphatic hydroxyl groups excluding tert-OH is 1. The molecule has 116 valence electrons. The van der Waals surface area contributed by atoms with Crippen molar-refractivity contribution in [3.63, 3.8) is 0 Å². The fraction of sp³-hybridized carbons (Fsp3) is 0.647. The first-order valence-corrected chi connectivity index (χ1v) is 8.06. The second-order valence-corrected chi connectivity index (χ2v) is 6.50. The van der Waals surface area contributed by atoms with Crippen molar-refractivity contribution in [1.82, 2.24) is 5.32 Å². The van der Waals surface area contributed by atoms with Crippen LogP contribution in [-0.2, 0) is 0 Å². The van der Waals surface area contributed by atoms with E-state index in [2.05, 4.69) is 17.1 Å². The maximum absolute atomic E-state index is 13.1. The number of halogens is 1. The van der Waals surface area contributed by atoms with Gasteiger partial charge in [0.05, 0.1) is 12.1 Å². The van der Waals surface area contributed by atoms with E-state index in [4.69, 9.17) is 0 Å². The van der Waals surface area contributed by atoms with E-state index in [0.717, 1.165) is 18.8 Å².